The molecule has 16 heavy (non-hydrogen) atoms. The highest BCUT2D eigenvalue weighted by Crippen LogP contribution is 2.24. The first-order valence-corrected chi connectivity index (χ1v) is 6.81. The van der Waals surface area contributed by atoms with Gasteiger partial charge in [0, 0.05) is 15.4 Å². The fourth-order valence-electron chi connectivity index (χ4n) is 1.21. The van der Waals surface area contributed by atoms with E-state index < -0.39 is 5.38 Å². The van der Waals surface area contributed by atoms with Gasteiger partial charge < -0.3 is 4.74 Å². The van der Waals surface area contributed by atoms with Gasteiger partial charge in [0.05, 0.1) is 6.61 Å². The van der Waals surface area contributed by atoms with E-state index in [0.717, 1.165) is 14.5 Å². The van der Waals surface area contributed by atoms with Gasteiger partial charge in [-0.1, -0.05) is 31.9 Å². The summed E-state index contributed by atoms with van der Waals surface area (Å²) in [5, 5.41) is -0.648. The molecule has 1 rings (SSSR count). The van der Waals surface area contributed by atoms with Gasteiger partial charge in [-0.25, -0.2) is 0 Å². The van der Waals surface area contributed by atoms with Crippen LogP contribution in [0.5, 0.6) is 0 Å². The van der Waals surface area contributed by atoms with Crippen molar-refractivity contribution in [3.63, 3.8) is 0 Å². The second-order valence-corrected chi connectivity index (χ2v) is 5.46. The van der Waals surface area contributed by atoms with Crippen LogP contribution in [0.2, 0.25) is 0 Å². The molecule has 0 aliphatic rings. The van der Waals surface area contributed by atoms with E-state index in [9.17, 15) is 4.79 Å². The Morgan fingerprint density at radius 1 is 1.50 bits per heavy atom. The van der Waals surface area contributed by atoms with Crippen LogP contribution in [0, 0.1) is 0 Å². The molecule has 0 saturated carbocycles. The van der Waals surface area contributed by atoms with E-state index in [-0.39, 0.29) is 5.97 Å². The first kappa shape index (κ1) is 14.0. The van der Waals surface area contributed by atoms with E-state index >= 15 is 0 Å². The van der Waals surface area contributed by atoms with Crippen LogP contribution in [0.1, 0.15) is 12.5 Å². The number of rotatable bonds is 4. The molecule has 0 N–H and O–H groups in total. The normalized spacial score (nSPS) is 12.2. The molecule has 0 fully saturated rings. The Labute approximate surface area is 117 Å². The minimum absolute atomic E-state index is 0.349. The third-order valence-corrected chi connectivity index (χ3v) is 3.55. The number of esters is 1. The van der Waals surface area contributed by atoms with E-state index in [2.05, 4.69) is 31.9 Å². The van der Waals surface area contributed by atoms with Gasteiger partial charge in [-0.05, 0) is 30.7 Å². The van der Waals surface area contributed by atoms with E-state index in [1.165, 1.54) is 0 Å². The Kier molecular flexibility index (Phi) is 5.79. The number of hydrogen-bond acceptors (Lipinski definition) is 2. The van der Waals surface area contributed by atoms with Crippen LogP contribution < -0.4 is 0 Å². The zero-order chi connectivity index (χ0) is 12.1. The third kappa shape index (κ3) is 4.07. The summed E-state index contributed by atoms with van der Waals surface area (Å²) in [7, 11) is 0. The highest BCUT2D eigenvalue weighted by atomic mass is 79.9. The first-order valence-electron chi connectivity index (χ1n) is 4.79. The Hall–Kier alpha value is -0.0600. The lowest BCUT2D eigenvalue weighted by atomic mass is 10.1. The van der Waals surface area contributed by atoms with Gasteiger partial charge in [0.15, 0.2) is 0 Å². The summed E-state index contributed by atoms with van der Waals surface area (Å²) in [6, 6.07) is 5.76. The largest absolute Gasteiger partial charge is 0.465 e. The summed E-state index contributed by atoms with van der Waals surface area (Å²) in [5.74, 6) is -0.379. The maximum atomic E-state index is 11.4. The van der Waals surface area contributed by atoms with Crippen molar-refractivity contribution in [1.82, 2.24) is 0 Å². The summed E-state index contributed by atoms with van der Waals surface area (Å²) in [6.45, 7) is 2.11. The average Bonchev–Trinajstić information content (AvgIpc) is 2.23. The highest BCUT2D eigenvalue weighted by Gasteiger charge is 2.18. The summed E-state index contributed by atoms with van der Waals surface area (Å²) in [5.41, 5.74) is 0.974. The maximum absolute atomic E-state index is 11.4. The molecule has 0 aromatic heterocycles. The lowest BCUT2D eigenvalue weighted by Gasteiger charge is -2.10. The molecule has 0 saturated heterocycles. The monoisotopic (exact) mass is 368 g/mol. The standard InChI is InChI=1S/C11H11Br2ClO2/c1-2-16-11(15)10(14)6-7-5-8(12)3-4-9(7)13/h3-5,10H,2,6H2,1H3. The van der Waals surface area contributed by atoms with Crippen LogP contribution >= 0.6 is 43.5 Å². The average molecular weight is 370 g/mol. The number of halogens is 3. The van der Waals surface area contributed by atoms with Gasteiger partial charge in [0.2, 0.25) is 0 Å². The van der Waals surface area contributed by atoms with Crippen LogP contribution in [0.15, 0.2) is 27.1 Å². The van der Waals surface area contributed by atoms with Gasteiger partial charge >= 0.3 is 5.97 Å². The van der Waals surface area contributed by atoms with Crippen molar-refractivity contribution in [2.75, 3.05) is 6.61 Å². The van der Waals surface area contributed by atoms with E-state index in [4.69, 9.17) is 16.3 Å². The molecular weight excluding hydrogens is 359 g/mol. The molecule has 88 valence electrons. The van der Waals surface area contributed by atoms with Gasteiger partial charge in [0.1, 0.15) is 5.38 Å². The minimum atomic E-state index is -0.648. The summed E-state index contributed by atoms with van der Waals surface area (Å²) in [6.07, 6.45) is 0.445. The van der Waals surface area contributed by atoms with Crippen molar-refractivity contribution < 1.29 is 9.53 Å². The Morgan fingerprint density at radius 2 is 2.19 bits per heavy atom. The molecule has 0 bridgehead atoms. The number of carbonyl (C=O) groups is 1. The molecule has 1 unspecified atom stereocenters. The molecule has 0 amide bonds. The van der Waals surface area contributed by atoms with Crippen LogP contribution in [-0.2, 0) is 16.0 Å². The van der Waals surface area contributed by atoms with Gasteiger partial charge in [-0.3, -0.25) is 4.79 Å². The summed E-state index contributed by atoms with van der Waals surface area (Å²) >= 11 is 12.7. The zero-order valence-electron chi connectivity index (χ0n) is 8.67. The van der Waals surface area contributed by atoms with Crippen molar-refractivity contribution in [2.24, 2.45) is 0 Å². The maximum Gasteiger partial charge on any atom is 0.324 e. The van der Waals surface area contributed by atoms with Crippen LogP contribution in [0.4, 0.5) is 0 Å². The van der Waals surface area contributed by atoms with Crippen molar-refractivity contribution in [3.8, 4) is 0 Å². The summed E-state index contributed by atoms with van der Waals surface area (Å²) < 4.78 is 6.74. The van der Waals surface area contributed by atoms with Gasteiger partial charge in [-0.2, -0.15) is 0 Å². The third-order valence-electron chi connectivity index (χ3n) is 1.95. The SMILES string of the molecule is CCOC(=O)C(Cl)Cc1cc(Br)ccc1Br. The number of ether oxygens (including phenoxy) is 1. The highest BCUT2D eigenvalue weighted by molar-refractivity contribution is 9.11. The molecule has 0 aliphatic heterocycles. The second kappa shape index (κ2) is 6.62. The number of hydrogen-bond donors (Lipinski definition) is 0. The fourth-order valence-corrected chi connectivity index (χ4v) is 2.26. The molecule has 5 heteroatoms. The molecule has 0 spiro atoms. The van der Waals surface area contributed by atoms with E-state index in [1.54, 1.807) is 6.92 Å². The van der Waals surface area contributed by atoms with Crippen molar-refractivity contribution >= 4 is 49.4 Å². The minimum Gasteiger partial charge on any atom is -0.465 e. The lowest BCUT2D eigenvalue weighted by Crippen LogP contribution is -2.20. The smallest absolute Gasteiger partial charge is 0.324 e. The van der Waals surface area contributed by atoms with Gasteiger partial charge in [0.25, 0.3) is 0 Å². The molecule has 1 aromatic rings. The second-order valence-electron chi connectivity index (χ2n) is 3.16. The van der Waals surface area contributed by atoms with Crippen molar-refractivity contribution in [2.45, 2.75) is 18.7 Å². The van der Waals surface area contributed by atoms with Crippen LogP contribution in [-0.4, -0.2) is 18.0 Å². The Balaban J connectivity index is 2.72. The van der Waals surface area contributed by atoms with Crippen molar-refractivity contribution in [1.29, 1.82) is 0 Å². The Morgan fingerprint density at radius 3 is 2.81 bits per heavy atom. The number of benzene rings is 1. The quantitative estimate of drug-likeness (QED) is 0.593. The van der Waals surface area contributed by atoms with Gasteiger partial charge in [-0.15, -0.1) is 11.6 Å². The first-order chi connectivity index (χ1) is 7.54. The van der Waals surface area contributed by atoms with E-state index in [1.807, 2.05) is 18.2 Å². The predicted molar refractivity (Wildman–Crippen MR) is 71.8 cm³/mol. The lowest BCUT2D eigenvalue weighted by molar-refractivity contribution is -0.142. The predicted octanol–water partition coefficient (Wildman–Crippen LogP) is 3.92. The fraction of sp³-hybridized carbons (Fsp3) is 0.364. The molecule has 2 nitrogen and oxygen atoms in total. The van der Waals surface area contributed by atoms with E-state index in [0.29, 0.717) is 13.0 Å². The number of alkyl halides is 1. The zero-order valence-corrected chi connectivity index (χ0v) is 12.6. The molecule has 0 heterocycles. The molecule has 1 aromatic carbocycles. The number of carbonyl (C=O) groups excluding carboxylic acids is 1. The van der Waals surface area contributed by atoms with Crippen molar-refractivity contribution in [3.05, 3.63) is 32.7 Å². The van der Waals surface area contributed by atoms with Crippen LogP contribution in [0.25, 0.3) is 0 Å². The molecule has 1 atom stereocenters. The summed E-state index contributed by atoms with van der Waals surface area (Å²) in [4.78, 5) is 11.4. The topological polar surface area (TPSA) is 26.3 Å². The molecule has 0 radical (unpaired) electrons. The Bertz CT molecular complexity index is 382. The molecule has 0 aliphatic carbocycles. The molecular formula is C11H11Br2ClO2. The van der Waals surface area contributed by atoms with Crippen LogP contribution in [0.3, 0.4) is 0 Å².